The molecule has 0 spiro atoms. The lowest BCUT2D eigenvalue weighted by atomic mass is 10.1. The Hall–Kier alpha value is -2.76. The van der Waals surface area contributed by atoms with Crippen LogP contribution in [-0.4, -0.2) is 22.5 Å². The average Bonchev–Trinajstić information content (AvgIpc) is 3.08. The number of H-pyrrole nitrogens is 1. The number of para-hydroxylation sites is 1. The fourth-order valence-electron chi connectivity index (χ4n) is 3.05. The van der Waals surface area contributed by atoms with Crippen LogP contribution < -0.4 is 5.32 Å². The number of hydrogen-bond donors (Lipinski definition) is 1. The van der Waals surface area contributed by atoms with Crippen LogP contribution in [0.15, 0.2) is 42.5 Å². The summed E-state index contributed by atoms with van der Waals surface area (Å²) in [5.41, 5.74) is 3.56. The highest BCUT2D eigenvalue weighted by molar-refractivity contribution is 5.79. The van der Waals surface area contributed by atoms with Gasteiger partial charge in [-0.25, -0.2) is 14.7 Å². The first-order valence-electron chi connectivity index (χ1n) is 9.13. The topological polar surface area (TPSA) is 59.9 Å². The normalized spacial score (nSPS) is 11.0. The molecule has 1 amide bonds. The van der Waals surface area contributed by atoms with Crippen molar-refractivity contribution in [2.75, 3.05) is 6.67 Å². The molecule has 3 aromatic rings. The summed E-state index contributed by atoms with van der Waals surface area (Å²) in [6, 6.07) is 12.2. The number of nitrogens with one attached hydrogen (secondary N) is 1. The number of carbonyl (C=O) groups is 1. The summed E-state index contributed by atoms with van der Waals surface area (Å²) < 4.78 is 25.6. The Labute approximate surface area is 157 Å². The van der Waals surface area contributed by atoms with Crippen LogP contribution in [0.2, 0.25) is 0 Å². The van der Waals surface area contributed by atoms with Gasteiger partial charge in [0.2, 0.25) is 5.91 Å². The highest BCUT2D eigenvalue weighted by Crippen LogP contribution is 2.18. The fourth-order valence-corrected chi connectivity index (χ4v) is 3.05. The monoisotopic (exact) mass is 370 g/mol. The number of imidazole rings is 1. The van der Waals surface area contributed by atoms with E-state index in [4.69, 9.17) is 0 Å². The average molecular weight is 370 g/mol. The van der Waals surface area contributed by atoms with E-state index in [0.29, 0.717) is 37.9 Å². The SMILES string of the molecule is O=C(CCCc1cccc(F)c1)[N]Cc1nc2c(CCCF)cccc2[nH]1. The summed E-state index contributed by atoms with van der Waals surface area (Å²) in [4.78, 5) is 19.6. The van der Waals surface area contributed by atoms with Crippen molar-refractivity contribution in [3.8, 4) is 0 Å². The molecule has 1 N–H and O–H groups in total. The zero-order chi connectivity index (χ0) is 19.1. The maximum Gasteiger partial charge on any atom is 0.241 e. The lowest BCUT2D eigenvalue weighted by molar-refractivity contribution is -0.121. The fraction of sp³-hybridized carbons (Fsp3) is 0.333. The van der Waals surface area contributed by atoms with Gasteiger partial charge in [0, 0.05) is 6.42 Å². The quantitative estimate of drug-likeness (QED) is 0.612. The Morgan fingerprint density at radius 3 is 2.78 bits per heavy atom. The second-order valence-electron chi connectivity index (χ2n) is 6.48. The van der Waals surface area contributed by atoms with Crippen molar-refractivity contribution in [1.82, 2.24) is 15.3 Å². The second kappa shape index (κ2) is 9.26. The van der Waals surface area contributed by atoms with E-state index in [2.05, 4.69) is 15.3 Å². The smallest absolute Gasteiger partial charge is 0.241 e. The third kappa shape index (κ3) is 5.36. The number of carbonyl (C=O) groups excluding carboxylic acids is 1. The van der Waals surface area contributed by atoms with Crippen molar-refractivity contribution in [1.29, 1.82) is 0 Å². The van der Waals surface area contributed by atoms with Crippen LogP contribution in [0.25, 0.3) is 11.0 Å². The molecule has 0 atom stereocenters. The molecule has 1 aromatic heterocycles. The summed E-state index contributed by atoms with van der Waals surface area (Å²) in [6.07, 6.45) is 2.68. The van der Waals surface area contributed by atoms with E-state index in [9.17, 15) is 13.6 Å². The summed E-state index contributed by atoms with van der Waals surface area (Å²) in [7, 11) is 0. The molecule has 0 aliphatic heterocycles. The van der Waals surface area contributed by atoms with Crippen LogP contribution in [0.3, 0.4) is 0 Å². The van der Waals surface area contributed by atoms with Gasteiger partial charge in [-0.1, -0.05) is 24.3 Å². The minimum absolute atomic E-state index is 0.190. The number of benzene rings is 2. The zero-order valence-corrected chi connectivity index (χ0v) is 15.0. The molecule has 0 bridgehead atoms. The molecule has 6 heteroatoms. The number of amides is 1. The van der Waals surface area contributed by atoms with Crippen LogP contribution in [0, 0.1) is 5.82 Å². The Morgan fingerprint density at radius 1 is 1.11 bits per heavy atom. The van der Waals surface area contributed by atoms with E-state index in [-0.39, 0.29) is 24.9 Å². The largest absolute Gasteiger partial charge is 0.340 e. The minimum atomic E-state index is -0.354. The van der Waals surface area contributed by atoms with Gasteiger partial charge < -0.3 is 4.98 Å². The number of aromatic amines is 1. The first-order valence-corrected chi connectivity index (χ1v) is 9.13. The van der Waals surface area contributed by atoms with E-state index in [1.54, 1.807) is 6.07 Å². The Bertz CT molecular complexity index is 907. The third-order valence-corrected chi connectivity index (χ3v) is 4.38. The third-order valence-electron chi connectivity index (χ3n) is 4.38. The molecular weight excluding hydrogens is 348 g/mol. The lowest BCUT2D eigenvalue weighted by Gasteiger charge is -2.02. The molecule has 27 heavy (non-hydrogen) atoms. The molecule has 0 unspecified atom stereocenters. The van der Waals surface area contributed by atoms with Gasteiger partial charge in [0.25, 0.3) is 0 Å². The van der Waals surface area contributed by atoms with Gasteiger partial charge in [-0.05, 0) is 55.0 Å². The number of aryl methyl sites for hydroxylation is 2. The molecule has 0 saturated carbocycles. The Morgan fingerprint density at radius 2 is 1.96 bits per heavy atom. The van der Waals surface area contributed by atoms with Crippen LogP contribution in [0.1, 0.15) is 36.2 Å². The van der Waals surface area contributed by atoms with E-state index in [1.165, 1.54) is 12.1 Å². The number of rotatable bonds is 9. The van der Waals surface area contributed by atoms with Gasteiger partial charge in [0.05, 0.1) is 17.7 Å². The molecule has 0 saturated heterocycles. The van der Waals surface area contributed by atoms with Crippen LogP contribution in [0.5, 0.6) is 0 Å². The summed E-state index contributed by atoms with van der Waals surface area (Å²) in [5, 5.41) is 4.06. The van der Waals surface area contributed by atoms with E-state index < -0.39 is 0 Å². The minimum Gasteiger partial charge on any atom is -0.340 e. The van der Waals surface area contributed by atoms with Crippen molar-refractivity contribution >= 4 is 16.9 Å². The Balaban J connectivity index is 1.49. The zero-order valence-electron chi connectivity index (χ0n) is 15.0. The first-order chi connectivity index (χ1) is 13.2. The first kappa shape index (κ1) is 19.0. The standard InChI is InChI=1S/C21H22F2N3O/c22-12-4-8-16-7-3-10-18-21(16)26-19(25-18)14-24-20(27)11-2-6-15-5-1-9-17(23)13-15/h1,3,5,7,9-10,13H,2,4,6,8,11-12,14H2,(H,25,26). The molecule has 2 aromatic carbocycles. The molecular formula is C21H22F2N3O. The Kier molecular flexibility index (Phi) is 6.52. The number of alkyl halides is 1. The van der Waals surface area contributed by atoms with Gasteiger partial charge in [0.1, 0.15) is 18.2 Å². The number of fused-ring (bicyclic) bond motifs is 1. The van der Waals surface area contributed by atoms with Gasteiger partial charge in [-0.2, -0.15) is 0 Å². The predicted molar refractivity (Wildman–Crippen MR) is 101 cm³/mol. The maximum absolute atomic E-state index is 13.1. The highest BCUT2D eigenvalue weighted by Gasteiger charge is 2.10. The molecule has 1 heterocycles. The van der Waals surface area contributed by atoms with Crippen molar-refractivity contribution in [2.45, 2.75) is 38.6 Å². The number of nitrogens with zero attached hydrogens (tertiary/aromatic N) is 2. The molecule has 1 radical (unpaired) electrons. The van der Waals surface area contributed by atoms with Crippen molar-refractivity contribution in [3.63, 3.8) is 0 Å². The maximum atomic E-state index is 13.1. The van der Waals surface area contributed by atoms with E-state index in [1.807, 2.05) is 24.3 Å². The molecule has 0 fully saturated rings. The molecule has 0 aliphatic carbocycles. The van der Waals surface area contributed by atoms with Crippen molar-refractivity contribution in [2.24, 2.45) is 0 Å². The van der Waals surface area contributed by atoms with E-state index >= 15 is 0 Å². The van der Waals surface area contributed by atoms with Crippen LogP contribution >= 0.6 is 0 Å². The van der Waals surface area contributed by atoms with Crippen molar-refractivity contribution in [3.05, 3.63) is 65.2 Å². The number of hydrogen-bond acceptors (Lipinski definition) is 2. The van der Waals surface area contributed by atoms with Gasteiger partial charge in [-0.15, -0.1) is 0 Å². The molecule has 4 nitrogen and oxygen atoms in total. The molecule has 3 rings (SSSR count). The lowest BCUT2D eigenvalue weighted by Crippen LogP contribution is -2.15. The van der Waals surface area contributed by atoms with E-state index in [0.717, 1.165) is 22.2 Å². The van der Waals surface area contributed by atoms with Gasteiger partial charge >= 0.3 is 0 Å². The van der Waals surface area contributed by atoms with Gasteiger partial charge in [-0.3, -0.25) is 9.18 Å². The summed E-state index contributed by atoms with van der Waals surface area (Å²) in [6.45, 7) is -0.164. The molecule has 141 valence electrons. The highest BCUT2D eigenvalue weighted by atomic mass is 19.1. The second-order valence-corrected chi connectivity index (χ2v) is 6.48. The van der Waals surface area contributed by atoms with Crippen LogP contribution in [-0.2, 0) is 24.2 Å². The predicted octanol–water partition coefficient (Wildman–Crippen LogP) is 4.26. The summed E-state index contributed by atoms with van der Waals surface area (Å²) >= 11 is 0. The number of halogens is 2. The van der Waals surface area contributed by atoms with Gasteiger partial charge in [0.15, 0.2) is 0 Å². The number of aromatic nitrogens is 2. The summed E-state index contributed by atoms with van der Waals surface area (Å²) in [5.74, 6) is 0.167. The van der Waals surface area contributed by atoms with Crippen LogP contribution in [0.4, 0.5) is 8.78 Å². The molecule has 0 aliphatic rings. The van der Waals surface area contributed by atoms with Crippen molar-refractivity contribution < 1.29 is 13.6 Å².